The van der Waals surface area contributed by atoms with Gasteiger partial charge in [-0.15, -0.1) is 0 Å². The predicted octanol–water partition coefficient (Wildman–Crippen LogP) is 0.999. The van der Waals surface area contributed by atoms with Crippen LogP contribution in [-0.4, -0.2) is 40.4 Å². The van der Waals surface area contributed by atoms with Gasteiger partial charge in [0, 0.05) is 7.05 Å². The number of likely N-dealkylation sites (N-methyl/N-ethyl adjacent to an activating group) is 1. The second kappa shape index (κ2) is 5.54. The quantitative estimate of drug-likeness (QED) is 0.742. The van der Waals surface area contributed by atoms with E-state index in [0.29, 0.717) is 0 Å². The Morgan fingerprint density at radius 1 is 1.67 bits per heavy atom. The average Bonchev–Trinajstić information content (AvgIpc) is 2.12. The van der Waals surface area contributed by atoms with Crippen LogP contribution in [0.3, 0.4) is 0 Å². The zero-order chi connectivity index (χ0) is 9.72. The third kappa shape index (κ3) is 3.11. The van der Waals surface area contributed by atoms with Crippen molar-refractivity contribution in [3.05, 3.63) is 0 Å². The molecule has 0 aromatic heterocycles. The fraction of sp³-hybridized carbons (Fsp3) is 0.875. The highest BCUT2D eigenvalue weighted by Gasteiger charge is 2.20. The molecular weight excluding hydrogens is 222 g/mol. The maximum Gasteiger partial charge on any atom is 0.236 e. The minimum atomic E-state index is -0.128. The number of halogens is 1. The Labute approximate surface area is 81.9 Å². The summed E-state index contributed by atoms with van der Waals surface area (Å²) in [5.41, 5.74) is 0. The number of hydrogen-bond donors (Lipinski definition) is 1. The molecule has 1 N–H and O–H groups in total. The van der Waals surface area contributed by atoms with Crippen molar-refractivity contribution in [3.63, 3.8) is 0 Å². The molecule has 0 fully saturated rings. The fourth-order valence-corrected chi connectivity index (χ4v) is 1.06. The Bertz CT molecular complexity index is 152. The number of hydrogen-bond acceptors (Lipinski definition) is 2. The lowest BCUT2D eigenvalue weighted by Gasteiger charge is -2.25. The van der Waals surface area contributed by atoms with E-state index in [2.05, 4.69) is 15.9 Å². The minimum absolute atomic E-state index is 0.00563. The summed E-state index contributed by atoms with van der Waals surface area (Å²) in [6.45, 7) is 3.76. The summed E-state index contributed by atoms with van der Waals surface area (Å²) < 4.78 is 0. The molecule has 4 heteroatoms. The van der Waals surface area contributed by atoms with E-state index in [0.717, 1.165) is 6.42 Å². The van der Waals surface area contributed by atoms with Crippen molar-refractivity contribution in [1.82, 2.24) is 4.90 Å². The van der Waals surface area contributed by atoms with Gasteiger partial charge in [-0.25, -0.2) is 0 Å². The van der Waals surface area contributed by atoms with E-state index in [-0.39, 0.29) is 23.4 Å². The molecule has 3 nitrogen and oxygen atoms in total. The second-order valence-electron chi connectivity index (χ2n) is 2.86. The molecule has 0 spiro atoms. The molecule has 0 heterocycles. The highest BCUT2D eigenvalue weighted by Crippen LogP contribution is 2.09. The van der Waals surface area contributed by atoms with Gasteiger partial charge in [-0.2, -0.15) is 0 Å². The highest BCUT2D eigenvalue weighted by atomic mass is 79.9. The lowest BCUT2D eigenvalue weighted by molar-refractivity contribution is -0.131. The third-order valence-electron chi connectivity index (χ3n) is 1.90. The molecule has 0 aliphatic heterocycles. The van der Waals surface area contributed by atoms with Gasteiger partial charge >= 0.3 is 0 Å². The van der Waals surface area contributed by atoms with Crippen molar-refractivity contribution < 1.29 is 9.90 Å². The van der Waals surface area contributed by atoms with Crippen molar-refractivity contribution >= 4 is 21.8 Å². The van der Waals surface area contributed by atoms with Gasteiger partial charge in [-0.1, -0.05) is 22.9 Å². The molecule has 72 valence electrons. The summed E-state index contributed by atoms with van der Waals surface area (Å²) >= 11 is 3.27. The van der Waals surface area contributed by atoms with E-state index in [1.807, 2.05) is 13.8 Å². The van der Waals surface area contributed by atoms with E-state index in [4.69, 9.17) is 5.11 Å². The second-order valence-corrected chi connectivity index (χ2v) is 3.96. The fourth-order valence-electron chi connectivity index (χ4n) is 0.735. The van der Waals surface area contributed by atoms with Gasteiger partial charge in [0.1, 0.15) is 0 Å². The van der Waals surface area contributed by atoms with Crippen molar-refractivity contribution in [1.29, 1.82) is 0 Å². The van der Waals surface area contributed by atoms with Crippen LogP contribution < -0.4 is 0 Å². The summed E-state index contributed by atoms with van der Waals surface area (Å²) in [6, 6.07) is -0.107. The molecule has 0 aliphatic carbocycles. The first-order valence-electron chi connectivity index (χ1n) is 4.06. The molecule has 2 unspecified atom stereocenters. The van der Waals surface area contributed by atoms with Gasteiger partial charge < -0.3 is 10.0 Å². The summed E-state index contributed by atoms with van der Waals surface area (Å²) in [4.78, 5) is 12.9. The molecule has 0 saturated carbocycles. The van der Waals surface area contributed by atoms with E-state index < -0.39 is 0 Å². The molecule has 12 heavy (non-hydrogen) atoms. The van der Waals surface area contributed by atoms with Gasteiger partial charge in [0.15, 0.2) is 0 Å². The Morgan fingerprint density at radius 2 is 2.17 bits per heavy atom. The number of aliphatic hydroxyl groups excluding tert-OH is 1. The topological polar surface area (TPSA) is 40.5 Å². The molecule has 1 amide bonds. The lowest BCUT2D eigenvalue weighted by Crippen LogP contribution is -2.41. The standard InChI is InChI=1S/C8H16BrNO2/c1-4-7(9)8(12)10(3)6(2)5-11/h6-7,11H,4-5H2,1-3H3. The van der Waals surface area contributed by atoms with Gasteiger partial charge in [-0.3, -0.25) is 4.79 Å². The summed E-state index contributed by atoms with van der Waals surface area (Å²) in [5.74, 6) is 0.0269. The van der Waals surface area contributed by atoms with Gasteiger partial charge in [0.25, 0.3) is 0 Å². The zero-order valence-corrected chi connectivity index (χ0v) is 9.34. The van der Waals surface area contributed by atoms with E-state index in [9.17, 15) is 4.79 Å². The Balaban J connectivity index is 4.09. The smallest absolute Gasteiger partial charge is 0.236 e. The van der Waals surface area contributed by atoms with E-state index in [1.54, 1.807) is 11.9 Å². The molecule has 0 aromatic carbocycles. The number of aliphatic hydroxyl groups is 1. The first kappa shape index (κ1) is 11.9. The van der Waals surface area contributed by atoms with Crippen molar-refractivity contribution in [3.8, 4) is 0 Å². The van der Waals surface area contributed by atoms with Crippen LogP contribution in [0.1, 0.15) is 20.3 Å². The number of carbonyl (C=O) groups excluding carboxylic acids is 1. The largest absolute Gasteiger partial charge is 0.394 e. The Morgan fingerprint density at radius 3 is 2.50 bits per heavy atom. The van der Waals surface area contributed by atoms with Gasteiger partial charge in [0.2, 0.25) is 5.91 Å². The summed E-state index contributed by atoms with van der Waals surface area (Å²) in [7, 11) is 1.70. The molecule has 0 bridgehead atoms. The monoisotopic (exact) mass is 237 g/mol. The Hall–Kier alpha value is -0.0900. The summed E-state index contributed by atoms with van der Waals surface area (Å²) in [6.07, 6.45) is 0.765. The first-order chi connectivity index (χ1) is 5.54. The lowest BCUT2D eigenvalue weighted by atomic mass is 10.2. The molecule has 2 atom stereocenters. The first-order valence-corrected chi connectivity index (χ1v) is 4.97. The van der Waals surface area contributed by atoms with E-state index >= 15 is 0 Å². The van der Waals surface area contributed by atoms with Crippen LogP contribution in [0.2, 0.25) is 0 Å². The van der Waals surface area contributed by atoms with Crippen LogP contribution in [0.5, 0.6) is 0 Å². The normalized spacial score (nSPS) is 15.4. The molecule has 0 radical (unpaired) electrons. The minimum Gasteiger partial charge on any atom is -0.394 e. The molecular formula is C8H16BrNO2. The number of nitrogens with zero attached hydrogens (tertiary/aromatic N) is 1. The van der Waals surface area contributed by atoms with Crippen LogP contribution in [0.25, 0.3) is 0 Å². The van der Waals surface area contributed by atoms with Crippen molar-refractivity contribution in [2.75, 3.05) is 13.7 Å². The van der Waals surface area contributed by atoms with Crippen LogP contribution in [0.15, 0.2) is 0 Å². The number of alkyl halides is 1. The summed E-state index contributed by atoms with van der Waals surface area (Å²) in [5, 5.41) is 8.80. The van der Waals surface area contributed by atoms with Crippen LogP contribution in [-0.2, 0) is 4.79 Å². The molecule has 0 saturated heterocycles. The van der Waals surface area contributed by atoms with Crippen LogP contribution >= 0.6 is 15.9 Å². The van der Waals surface area contributed by atoms with Crippen molar-refractivity contribution in [2.24, 2.45) is 0 Å². The SMILES string of the molecule is CCC(Br)C(=O)N(C)C(C)CO. The van der Waals surface area contributed by atoms with Gasteiger partial charge in [0.05, 0.1) is 17.5 Å². The van der Waals surface area contributed by atoms with Gasteiger partial charge in [-0.05, 0) is 13.3 Å². The number of amides is 1. The predicted molar refractivity (Wildman–Crippen MR) is 52.3 cm³/mol. The molecule has 0 aromatic rings. The third-order valence-corrected chi connectivity index (χ3v) is 2.94. The highest BCUT2D eigenvalue weighted by molar-refractivity contribution is 9.10. The Kier molecular flexibility index (Phi) is 5.50. The van der Waals surface area contributed by atoms with Crippen molar-refractivity contribution in [2.45, 2.75) is 31.1 Å². The van der Waals surface area contributed by atoms with Crippen LogP contribution in [0.4, 0.5) is 0 Å². The van der Waals surface area contributed by atoms with Crippen LogP contribution in [0, 0.1) is 0 Å². The maximum absolute atomic E-state index is 11.4. The van der Waals surface area contributed by atoms with E-state index in [1.165, 1.54) is 0 Å². The molecule has 0 rings (SSSR count). The number of carbonyl (C=O) groups is 1. The average molecular weight is 238 g/mol. The zero-order valence-electron chi connectivity index (χ0n) is 7.75. The number of rotatable bonds is 4. The molecule has 0 aliphatic rings. The maximum atomic E-state index is 11.4.